The lowest BCUT2D eigenvalue weighted by Gasteiger charge is -2.23. The number of rotatable bonds is 7. The van der Waals surface area contributed by atoms with Crippen LogP contribution in [0, 0.1) is 48.1 Å². The standard InChI is InChI=1S/C71H47F12N3/c1-37-21-38(2)23-47(22-37)43-13-18-62-57(33-43)58-36-46(50-26-41(5)29-53(32-50)70(78,79)80)14-19-63(58)86(62)67-54(65-42(6)9-8-10-59(65)71(81,82)83)15-20-64(66(67)84-7)85-60-16-11-44(48-24-39(3)27-51(30-48)68(72,73)74)34-55(60)56-35-45(12-17-61(56)85)49-25-40(4)28-52(31-49)69(75,76)77/h8-36H,1-6H3. The minimum atomic E-state index is -4.91. The summed E-state index contributed by atoms with van der Waals surface area (Å²) in [6.45, 7) is 19.3. The van der Waals surface area contributed by atoms with Crippen molar-refractivity contribution in [1.82, 2.24) is 9.13 Å². The molecule has 0 unspecified atom stereocenters. The fourth-order valence-corrected chi connectivity index (χ4v) is 12.3. The van der Waals surface area contributed by atoms with Crippen molar-refractivity contribution in [3.05, 3.63) is 243 Å². The van der Waals surface area contributed by atoms with Crippen molar-refractivity contribution < 1.29 is 52.7 Å². The Kier molecular flexibility index (Phi) is 13.4. The summed E-state index contributed by atoms with van der Waals surface area (Å²) in [5.74, 6) is 0. The lowest BCUT2D eigenvalue weighted by atomic mass is 9.92. The van der Waals surface area contributed by atoms with E-state index in [1.165, 1.54) is 45.0 Å². The summed E-state index contributed by atoms with van der Waals surface area (Å²) in [5, 5.41) is 1.90. The second-order valence-corrected chi connectivity index (χ2v) is 22.2. The molecule has 0 amide bonds. The van der Waals surface area contributed by atoms with E-state index in [0.717, 1.165) is 64.7 Å². The molecule has 0 fully saturated rings. The average Bonchev–Trinajstić information content (AvgIpc) is 1.53. The van der Waals surface area contributed by atoms with Crippen LogP contribution < -0.4 is 0 Å². The van der Waals surface area contributed by atoms with E-state index in [4.69, 9.17) is 0 Å². The first-order valence-corrected chi connectivity index (χ1v) is 27.1. The maximum Gasteiger partial charge on any atom is 0.417 e. The average molecular weight is 1170 g/mol. The third-order valence-corrected chi connectivity index (χ3v) is 15.9. The Morgan fingerprint density at radius 3 is 1.03 bits per heavy atom. The molecule has 0 N–H and O–H groups in total. The first kappa shape index (κ1) is 56.9. The Labute approximate surface area is 485 Å². The highest BCUT2D eigenvalue weighted by atomic mass is 19.4. The summed E-state index contributed by atoms with van der Waals surface area (Å²) in [7, 11) is 0. The molecule has 10 aromatic carbocycles. The van der Waals surface area contributed by atoms with E-state index in [0.29, 0.717) is 77.0 Å². The van der Waals surface area contributed by atoms with Gasteiger partial charge < -0.3 is 9.13 Å². The van der Waals surface area contributed by atoms with Gasteiger partial charge >= 0.3 is 24.7 Å². The maximum atomic E-state index is 15.6. The first-order valence-electron chi connectivity index (χ1n) is 27.1. The normalized spacial score (nSPS) is 12.5. The van der Waals surface area contributed by atoms with Gasteiger partial charge in [-0.3, -0.25) is 0 Å². The second-order valence-electron chi connectivity index (χ2n) is 22.2. The van der Waals surface area contributed by atoms with Gasteiger partial charge in [0.2, 0.25) is 5.69 Å². The molecule has 2 aromatic heterocycles. The maximum absolute atomic E-state index is 15.6. The third-order valence-electron chi connectivity index (χ3n) is 15.9. The van der Waals surface area contributed by atoms with Crippen LogP contribution in [0.5, 0.6) is 0 Å². The van der Waals surface area contributed by atoms with E-state index in [1.807, 2.05) is 44.2 Å². The predicted octanol–water partition coefficient (Wildman–Crippen LogP) is 22.7. The first-order chi connectivity index (χ1) is 40.5. The molecule has 0 aliphatic rings. The highest BCUT2D eigenvalue weighted by molar-refractivity contribution is 6.15. The zero-order valence-electron chi connectivity index (χ0n) is 46.6. The van der Waals surface area contributed by atoms with Crippen molar-refractivity contribution in [3.63, 3.8) is 0 Å². The van der Waals surface area contributed by atoms with Crippen LogP contribution >= 0.6 is 0 Å². The smallest absolute Gasteiger partial charge is 0.319 e. The number of halogens is 12. The largest absolute Gasteiger partial charge is 0.417 e. The highest BCUT2D eigenvalue weighted by Crippen LogP contribution is 2.51. The van der Waals surface area contributed by atoms with Crippen LogP contribution in [-0.4, -0.2) is 9.13 Å². The summed E-state index contributed by atoms with van der Waals surface area (Å²) >= 11 is 0. The molecule has 0 saturated heterocycles. The van der Waals surface area contributed by atoms with Gasteiger partial charge in [-0.05, 0) is 216 Å². The van der Waals surface area contributed by atoms with Crippen molar-refractivity contribution in [1.29, 1.82) is 0 Å². The van der Waals surface area contributed by atoms with E-state index in [2.05, 4.69) is 4.85 Å². The molecule has 0 radical (unpaired) electrons. The third kappa shape index (κ3) is 10.1. The number of benzene rings is 10. The summed E-state index contributed by atoms with van der Waals surface area (Å²) in [5.41, 5.74) is 4.36. The van der Waals surface area contributed by atoms with Crippen molar-refractivity contribution in [2.75, 3.05) is 0 Å². The molecule has 0 saturated carbocycles. The van der Waals surface area contributed by atoms with Crippen LogP contribution in [0.4, 0.5) is 58.4 Å². The van der Waals surface area contributed by atoms with E-state index < -0.39 is 47.0 Å². The zero-order chi connectivity index (χ0) is 61.3. The number of hydrogen-bond acceptors (Lipinski definition) is 0. The summed E-state index contributed by atoms with van der Waals surface area (Å²) < 4.78 is 179. The Balaban J connectivity index is 1.21. The van der Waals surface area contributed by atoms with Crippen LogP contribution in [0.3, 0.4) is 0 Å². The van der Waals surface area contributed by atoms with E-state index in [1.54, 1.807) is 94.9 Å². The van der Waals surface area contributed by atoms with E-state index in [9.17, 15) is 46.1 Å². The minimum Gasteiger partial charge on any atom is -0.319 e. The molecule has 12 aromatic rings. The molecule has 0 bridgehead atoms. The molecule has 12 rings (SSSR count). The number of fused-ring (bicyclic) bond motifs is 6. The fraction of sp³-hybridized carbons (Fsp3) is 0.141. The van der Waals surface area contributed by atoms with Crippen LogP contribution in [0.25, 0.3) is 115 Å². The minimum absolute atomic E-state index is 0.00473. The van der Waals surface area contributed by atoms with Gasteiger partial charge in [-0.25, -0.2) is 4.85 Å². The highest BCUT2D eigenvalue weighted by Gasteiger charge is 2.37. The second kappa shape index (κ2) is 20.3. The molecule has 0 aliphatic heterocycles. The van der Waals surface area contributed by atoms with Gasteiger partial charge in [0.15, 0.2) is 0 Å². The van der Waals surface area contributed by atoms with Gasteiger partial charge in [0.1, 0.15) is 0 Å². The van der Waals surface area contributed by atoms with Gasteiger partial charge in [0, 0.05) is 21.5 Å². The van der Waals surface area contributed by atoms with Crippen molar-refractivity contribution >= 4 is 49.3 Å². The molecule has 0 aliphatic carbocycles. The van der Waals surface area contributed by atoms with Crippen LogP contribution in [0.2, 0.25) is 0 Å². The van der Waals surface area contributed by atoms with Gasteiger partial charge in [-0.2, -0.15) is 52.7 Å². The number of hydrogen-bond donors (Lipinski definition) is 0. The van der Waals surface area contributed by atoms with Crippen LogP contribution in [-0.2, 0) is 24.7 Å². The van der Waals surface area contributed by atoms with Gasteiger partial charge in [0.05, 0.1) is 62.3 Å². The fourth-order valence-electron chi connectivity index (χ4n) is 12.3. The number of aromatic nitrogens is 2. The topological polar surface area (TPSA) is 14.2 Å². The van der Waals surface area contributed by atoms with E-state index >= 15 is 13.2 Å². The number of alkyl halides is 12. The van der Waals surface area contributed by atoms with Crippen molar-refractivity contribution in [2.45, 2.75) is 66.2 Å². The van der Waals surface area contributed by atoms with Gasteiger partial charge in [0.25, 0.3) is 0 Å². The molecule has 86 heavy (non-hydrogen) atoms. The summed E-state index contributed by atoms with van der Waals surface area (Å²) in [6.07, 6.45) is -19.0. The molecule has 0 atom stereocenters. The Morgan fingerprint density at radius 2 is 0.686 bits per heavy atom. The molecule has 15 heteroatoms. The van der Waals surface area contributed by atoms with Crippen molar-refractivity contribution in [3.8, 4) is 67.0 Å². The zero-order valence-corrected chi connectivity index (χ0v) is 46.6. The molecule has 2 heterocycles. The lowest BCUT2D eigenvalue weighted by Crippen LogP contribution is -2.10. The molecule has 3 nitrogen and oxygen atoms in total. The summed E-state index contributed by atoms with van der Waals surface area (Å²) in [4.78, 5) is 4.23. The predicted molar refractivity (Wildman–Crippen MR) is 317 cm³/mol. The number of aryl methyl sites for hydroxylation is 6. The Hall–Kier alpha value is -9.55. The number of nitrogens with zero attached hydrogens (tertiary/aromatic N) is 3. The molecular weight excluding hydrogens is 1120 g/mol. The Morgan fingerprint density at radius 1 is 0.337 bits per heavy atom. The van der Waals surface area contributed by atoms with Crippen LogP contribution in [0.1, 0.15) is 55.6 Å². The van der Waals surface area contributed by atoms with Gasteiger partial charge in [-0.1, -0.05) is 90.0 Å². The lowest BCUT2D eigenvalue weighted by molar-refractivity contribution is -0.138. The molecule has 430 valence electrons. The van der Waals surface area contributed by atoms with E-state index in [-0.39, 0.29) is 50.4 Å². The Bertz CT molecular complexity index is 4700. The molecular formula is C71H47F12N3. The quantitative estimate of drug-likeness (QED) is 0.112. The SMILES string of the molecule is [C-]#[N+]c1c(-n2c3ccc(-c4cc(C)cc(C(F)(F)F)c4)cc3c3cc(-c4cc(C)cc(C(F)(F)F)c4)ccc32)ccc(-c2c(C)cccc2C(F)(F)F)c1-n1c2ccc(-c3cc(C)cc(C)c3)cc2c2cc(-c3cc(C)cc(C(F)(F)F)c3)ccc21. The van der Waals surface area contributed by atoms with Crippen molar-refractivity contribution in [2.24, 2.45) is 0 Å². The monoisotopic (exact) mass is 1170 g/mol. The molecule has 0 spiro atoms. The van der Waals surface area contributed by atoms with Gasteiger partial charge in [-0.15, -0.1) is 0 Å². The summed E-state index contributed by atoms with van der Waals surface area (Å²) in [6, 6.07) is 44.4. The van der Waals surface area contributed by atoms with Crippen LogP contribution in [0.15, 0.2) is 176 Å².